The lowest BCUT2D eigenvalue weighted by molar-refractivity contribution is -0.121. The third-order valence-corrected chi connectivity index (χ3v) is 6.66. The normalized spacial score (nSPS) is 15.4. The first-order valence-electron chi connectivity index (χ1n) is 12.5. The fraction of sp³-hybridized carbons (Fsp3) is 0.370. The molecular formula is C27H30N6O3. The van der Waals surface area contributed by atoms with Crippen LogP contribution in [0.2, 0.25) is 0 Å². The number of carbonyl (C=O) groups is 2. The zero-order chi connectivity index (χ0) is 25.0. The largest absolute Gasteiger partial charge is 0.343 e. The van der Waals surface area contributed by atoms with Gasteiger partial charge in [-0.3, -0.25) is 19.5 Å². The van der Waals surface area contributed by atoms with Gasteiger partial charge in [-0.2, -0.15) is 4.98 Å². The Morgan fingerprint density at radius 1 is 0.972 bits per heavy atom. The highest BCUT2D eigenvalue weighted by Crippen LogP contribution is 2.34. The van der Waals surface area contributed by atoms with Gasteiger partial charge in [0.25, 0.3) is 0 Å². The van der Waals surface area contributed by atoms with Gasteiger partial charge in [0.2, 0.25) is 23.7 Å². The molecule has 2 heterocycles. The molecule has 0 saturated heterocycles. The van der Waals surface area contributed by atoms with E-state index >= 15 is 0 Å². The summed E-state index contributed by atoms with van der Waals surface area (Å²) in [6.45, 7) is 1.51. The van der Waals surface area contributed by atoms with Gasteiger partial charge in [0, 0.05) is 25.5 Å². The van der Waals surface area contributed by atoms with Crippen molar-refractivity contribution in [3.8, 4) is 5.69 Å². The number of hydrogen-bond donors (Lipinski definition) is 2. The Morgan fingerprint density at radius 2 is 1.69 bits per heavy atom. The number of nitrogens with one attached hydrogen (secondary N) is 2. The summed E-state index contributed by atoms with van der Waals surface area (Å²) in [4.78, 5) is 34.1. The summed E-state index contributed by atoms with van der Waals surface area (Å²) in [6.07, 6.45) is 6.25. The minimum atomic E-state index is -0.604. The van der Waals surface area contributed by atoms with Crippen LogP contribution in [0.3, 0.4) is 0 Å². The number of carbonyl (C=O) groups excluding carboxylic acids is 2. The van der Waals surface area contributed by atoms with Crippen LogP contribution in [0.15, 0.2) is 59.1 Å². The molecule has 5 rings (SSSR count). The van der Waals surface area contributed by atoms with E-state index in [1.54, 1.807) is 0 Å². The number of amides is 2. The Hall–Kier alpha value is -4.01. The minimum Gasteiger partial charge on any atom is -0.343 e. The van der Waals surface area contributed by atoms with Crippen molar-refractivity contribution in [2.45, 2.75) is 63.8 Å². The van der Waals surface area contributed by atoms with Gasteiger partial charge in [0.15, 0.2) is 5.82 Å². The van der Waals surface area contributed by atoms with Crippen LogP contribution in [-0.2, 0) is 21.5 Å². The average Bonchev–Trinajstić information content (AvgIpc) is 3.42. The number of aryl methyl sites for hydroxylation is 1. The zero-order valence-electron chi connectivity index (χ0n) is 20.4. The molecule has 4 aromatic rings. The monoisotopic (exact) mass is 486 g/mol. The van der Waals surface area contributed by atoms with E-state index in [2.05, 4.69) is 25.8 Å². The Balaban J connectivity index is 1.30. The molecule has 0 atom stereocenters. The number of benzene rings is 2. The fourth-order valence-corrected chi connectivity index (χ4v) is 4.98. The fourth-order valence-electron chi connectivity index (χ4n) is 4.98. The number of nitrogens with zero attached hydrogens (tertiary/aromatic N) is 4. The highest BCUT2D eigenvalue weighted by molar-refractivity contribution is 5.92. The van der Waals surface area contributed by atoms with E-state index < -0.39 is 5.54 Å². The molecule has 1 aliphatic rings. The molecule has 9 nitrogen and oxygen atoms in total. The molecule has 2 aromatic heterocycles. The van der Waals surface area contributed by atoms with Crippen molar-refractivity contribution in [1.82, 2.24) is 25.0 Å². The van der Waals surface area contributed by atoms with Gasteiger partial charge < -0.3 is 9.84 Å². The lowest BCUT2D eigenvalue weighted by Crippen LogP contribution is -2.45. The van der Waals surface area contributed by atoms with Crippen molar-refractivity contribution in [3.05, 3.63) is 66.3 Å². The van der Waals surface area contributed by atoms with Gasteiger partial charge in [0.05, 0.1) is 11.0 Å². The number of fused-ring (bicyclic) bond motifs is 1. The maximum atomic E-state index is 12.9. The van der Waals surface area contributed by atoms with Crippen LogP contribution in [0, 0.1) is 0 Å². The van der Waals surface area contributed by atoms with Crippen LogP contribution in [0.4, 0.5) is 5.95 Å². The molecule has 1 aliphatic carbocycles. The van der Waals surface area contributed by atoms with Crippen molar-refractivity contribution in [1.29, 1.82) is 0 Å². The van der Waals surface area contributed by atoms with Crippen molar-refractivity contribution in [2.75, 3.05) is 5.32 Å². The molecule has 2 aromatic carbocycles. The Kier molecular flexibility index (Phi) is 6.79. The maximum absolute atomic E-state index is 12.9. The van der Waals surface area contributed by atoms with Gasteiger partial charge in [-0.1, -0.05) is 61.2 Å². The quantitative estimate of drug-likeness (QED) is 0.367. The molecule has 2 N–H and O–H groups in total. The summed E-state index contributed by atoms with van der Waals surface area (Å²) in [5.41, 5.74) is 2.01. The summed E-state index contributed by atoms with van der Waals surface area (Å²) >= 11 is 0. The number of rotatable bonds is 7. The molecular weight excluding hydrogens is 456 g/mol. The first-order valence-corrected chi connectivity index (χ1v) is 12.5. The van der Waals surface area contributed by atoms with E-state index in [1.165, 1.54) is 6.92 Å². The Bertz CT molecular complexity index is 1350. The van der Waals surface area contributed by atoms with Gasteiger partial charge in [-0.15, -0.1) is 0 Å². The van der Waals surface area contributed by atoms with Gasteiger partial charge in [-0.25, -0.2) is 4.98 Å². The zero-order valence-corrected chi connectivity index (χ0v) is 20.4. The molecule has 2 amide bonds. The van der Waals surface area contributed by atoms with Crippen LogP contribution in [0.1, 0.15) is 63.6 Å². The second kappa shape index (κ2) is 10.3. The first-order chi connectivity index (χ1) is 17.5. The number of para-hydroxylation sites is 3. The van der Waals surface area contributed by atoms with Crippen LogP contribution in [0.5, 0.6) is 0 Å². The van der Waals surface area contributed by atoms with Gasteiger partial charge in [-0.05, 0) is 37.1 Å². The minimum absolute atomic E-state index is 0.107. The van der Waals surface area contributed by atoms with Crippen molar-refractivity contribution >= 4 is 28.8 Å². The highest BCUT2D eigenvalue weighted by Gasteiger charge is 2.38. The van der Waals surface area contributed by atoms with Crippen molar-refractivity contribution in [3.63, 3.8) is 0 Å². The van der Waals surface area contributed by atoms with Crippen LogP contribution in [0.25, 0.3) is 16.7 Å². The highest BCUT2D eigenvalue weighted by atomic mass is 16.5. The summed E-state index contributed by atoms with van der Waals surface area (Å²) in [7, 11) is 0. The predicted molar refractivity (Wildman–Crippen MR) is 136 cm³/mol. The van der Waals surface area contributed by atoms with E-state index in [-0.39, 0.29) is 18.2 Å². The molecule has 0 spiro atoms. The Labute approximate surface area is 209 Å². The summed E-state index contributed by atoms with van der Waals surface area (Å²) in [5.74, 6) is 1.03. The maximum Gasteiger partial charge on any atom is 0.227 e. The number of imidazole rings is 1. The van der Waals surface area contributed by atoms with E-state index in [0.29, 0.717) is 24.1 Å². The van der Waals surface area contributed by atoms with Crippen LogP contribution in [-0.4, -0.2) is 31.5 Å². The molecule has 0 radical (unpaired) electrons. The van der Waals surface area contributed by atoms with Crippen molar-refractivity contribution < 1.29 is 14.1 Å². The van der Waals surface area contributed by atoms with E-state index in [4.69, 9.17) is 4.52 Å². The number of aromatic nitrogens is 4. The Morgan fingerprint density at radius 3 is 2.44 bits per heavy atom. The smallest absolute Gasteiger partial charge is 0.227 e. The molecule has 0 unspecified atom stereocenters. The second-order valence-electron chi connectivity index (χ2n) is 9.33. The van der Waals surface area contributed by atoms with E-state index in [1.807, 2.05) is 59.2 Å². The van der Waals surface area contributed by atoms with Crippen LogP contribution < -0.4 is 10.6 Å². The summed E-state index contributed by atoms with van der Waals surface area (Å²) in [5, 5.41) is 10.2. The summed E-state index contributed by atoms with van der Waals surface area (Å²) in [6, 6.07) is 17.6. The molecule has 0 aliphatic heterocycles. The lowest BCUT2D eigenvalue weighted by Gasteiger charge is -2.30. The average molecular weight is 487 g/mol. The molecule has 186 valence electrons. The number of anilines is 1. The standard InChI is InChI=1S/C27H30N6O3/c1-19(34)31-27(17-9-2-3-10-18-27)25-30-24(36-32-25)16-15-23(35)29-26-28-21-13-7-8-14-22(21)33(26)20-11-5-4-6-12-20/h4-8,11-14H,2-3,9-10,15-18H2,1H3,(H,31,34)(H,28,29,35). The first kappa shape index (κ1) is 23.7. The SMILES string of the molecule is CC(=O)NC1(c2noc(CCC(=O)Nc3nc4ccccc4n3-c3ccccc3)n2)CCCCCC1. The molecule has 0 bridgehead atoms. The van der Waals surface area contributed by atoms with Crippen molar-refractivity contribution in [2.24, 2.45) is 0 Å². The van der Waals surface area contributed by atoms with Crippen LogP contribution >= 0.6 is 0 Å². The third kappa shape index (κ3) is 5.00. The summed E-state index contributed by atoms with van der Waals surface area (Å²) < 4.78 is 7.43. The predicted octanol–water partition coefficient (Wildman–Crippen LogP) is 4.67. The molecule has 1 fully saturated rings. The molecule has 36 heavy (non-hydrogen) atoms. The second-order valence-corrected chi connectivity index (χ2v) is 9.33. The topological polar surface area (TPSA) is 115 Å². The third-order valence-electron chi connectivity index (χ3n) is 6.66. The van der Waals surface area contributed by atoms with Gasteiger partial charge in [0.1, 0.15) is 5.54 Å². The molecule has 9 heteroatoms. The number of hydrogen-bond acceptors (Lipinski definition) is 6. The van der Waals surface area contributed by atoms with Gasteiger partial charge >= 0.3 is 0 Å². The molecule has 1 saturated carbocycles. The lowest BCUT2D eigenvalue weighted by atomic mass is 9.89. The van der Waals surface area contributed by atoms with E-state index in [0.717, 1.165) is 55.2 Å². The van der Waals surface area contributed by atoms with E-state index in [9.17, 15) is 9.59 Å².